The van der Waals surface area contributed by atoms with Gasteiger partial charge in [0.2, 0.25) is 0 Å². The summed E-state index contributed by atoms with van der Waals surface area (Å²) in [5, 5.41) is 0. The van der Waals surface area contributed by atoms with E-state index in [4.69, 9.17) is 12.6 Å². The highest BCUT2D eigenvalue weighted by molar-refractivity contribution is 7.80. The van der Waals surface area contributed by atoms with Gasteiger partial charge in [-0.1, -0.05) is 58.0 Å². The standard InChI is InChI=1S/C18H22S/c1-12(2)16-10-15(14-8-6-5-7-9-14)11-17(13(3)4)18(16)19/h5-13,19H,1-4H3. The second-order valence-electron chi connectivity index (χ2n) is 5.68. The topological polar surface area (TPSA) is 0 Å². The second kappa shape index (κ2) is 5.83. The van der Waals surface area contributed by atoms with Crippen LogP contribution in [0.4, 0.5) is 0 Å². The first-order chi connectivity index (χ1) is 9.00. The number of thiol groups is 1. The van der Waals surface area contributed by atoms with Gasteiger partial charge < -0.3 is 0 Å². The fraction of sp³-hybridized carbons (Fsp3) is 0.333. The highest BCUT2D eigenvalue weighted by Crippen LogP contribution is 2.35. The highest BCUT2D eigenvalue weighted by atomic mass is 32.1. The van der Waals surface area contributed by atoms with Crippen LogP contribution < -0.4 is 0 Å². The lowest BCUT2D eigenvalue weighted by atomic mass is 9.90. The van der Waals surface area contributed by atoms with Crippen LogP contribution in [0, 0.1) is 0 Å². The molecule has 0 saturated heterocycles. The van der Waals surface area contributed by atoms with Crippen molar-refractivity contribution in [1.82, 2.24) is 0 Å². The van der Waals surface area contributed by atoms with E-state index in [0.717, 1.165) is 4.90 Å². The van der Waals surface area contributed by atoms with Gasteiger partial charge in [0, 0.05) is 4.90 Å². The Morgan fingerprint density at radius 3 is 1.63 bits per heavy atom. The molecule has 0 unspecified atom stereocenters. The van der Waals surface area contributed by atoms with E-state index in [2.05, 4.69) is 70.2 Å². The molecule has 19 heavy (non-hydrogen) atoms. The molecular weight excluding hydrogens is 248 g/mol. The van der Waals surface area contributed by atoms with Crippen molar-refractivity contribution in [3.05, 3.63) is 53.6 Å². The molecule has 0 aliphatic rings. The number of hydrogen-bond donors (Lipinski definition) is 1. The summed E-state index contributed by atoms with van der Waals surface area (Å²) >= 11 is 4.75. The van der Waals surface area contributed by atoms with Gasteiger partial charge in [0.15, 0.2) is 0 Å². The van der Waals surface area contributed by atoms with Crippen molar-refractivity contribution in [2.24, 2.45) is 0 Å². The number of benzene rings is 2. The molecule has 2 rings (SSSR count). The maximum atomic E-state index is 4.75. The van der Waals surface area contributed by atoms with Crippen molar-refractivity contribution in [2.75, 3.05) is 0 Å². The van der Waals surface area contributed by atoms with Gasteiger partial charge >= 0.3 is 0 Å². The third-order valence-corrected chi connectivity index (χ3v) is 4.04. The summed E-state index contributed by atoms with van der Waals surface area (Å²) < 4.78 is 0. The molecule has 2 aromatic rings. The predicted molar refractivity (Wildman–Crippen MR) is 87.3 cm³/mol. The molecule has 0 N–H and O–H groups in total. The molecule has 1 heteroatoms. The van der Waals surface area contributed by atoms with E-state index in [0.29, 0.717) is 11.8 Å². The van der Waals surface area contributed by atoms with Crippen LogP contribution in [0.3, 0.4) is 0 Å². The quantitative estimate of drug-likeness (QED) is 0.661. The Morgan fingerprint density at radius 1 is 0.737 bits per heavy atom. The first-order valence-corrected chi connectivity index (χ1v) is 7.37. The molecule has 0 aliphatic carbocycles. The molecule has 0 aromatic heterocycles. The second-order valence-corrected chi connectivity index (χ2v) is 6.13. The Hall–Kier alpha value is -1.21. The van der Waals surface area contributed by atoms with E-state index < -0.39 is 0 Å². The minimum absolute atomic E-state index is 0.494. The van der Waals surface area contributed by atoms with E-state index in [1.165, 1.54) is 22.3 Å². The van der Waals surface area contributed by atoms with Crippen molar-refractivity contribution in [3.8, 4) is 11.1 Å². The molecule has 100 valence electrons. The minimum Gasteiger partial charge on any atom is -0.143 e. The van der Waals surface area contributed by atoms with Crippen molar-refractivity contribution in [2.45, 2.75) is 44.4 Å². The van der Waals surface area contributed by atoms with Crippen molar-refractivity contribution >= 4 is 12.6 Å². The molecule has 0 bridgehead atoms. The van der Waals surface area contributed by atoms with Crippen molar-refractivity contribution < 1.29 is 0 Å². The Balaban J connectivity index is 2.63. The van der Waals surface area contributed by atoms with Gasteiger partial charge in [-0.2, -0.15) is 0 Å². The summed E-state index contributed by atoms with van der Waals surface area (Å²) in [6.07, 6.45) is 0. The smallest absolute Gasteiger partial charge is 0.0110 e. The third-order valence-electron chi connectivity index (χ3n) is 3.52. The van der Waals surface area contributed by atoms with Crippen molar-refractivity contribution in [3.63, 3.8) is 0 Å². The molecule has 0 radical (unpaired) electrons. The van der Waals surface area contributed by atoms with E-state index in [1.807, 2.05) is 0 Å². The predicted octanol–water partition coefficient (Wildman–Crippen LogP) is 5.89. The van der Waals surface area contributed by atoms with Crippen LogP contribution in [0.1, 0.15) is 50.7 Å². The van der Waals surface area contributed by atoms with Crippen LogP contribution in [0.25, 0.3) is 11.1 Å². The van der Waals surface area contributed by atoms with Crippen LogP contribution in [-0.2, 0) is 0 Å². The third kappa shape index (κ3) is 3.03. The lowest BCUT2D eigenvalue weighted by Gasteiger charge is -2.18. The van der Waals surface area contributed by atoms with Crippen LogP contribution in [0.5, 0.6) is 0 Å². The molecule has 0 saturated carbocycles. The SMILES string of the molecule is CC(C)c1cc(-c2ccccc2)cc(C(C)C)c1S. The Morgan fingerprint density at radius 2 is 1.21 bits per heavy atom. The lowest BCUT2D eigenvalue weighted by Crippen LogP contribution is -1.98. The Kier molecular flexibility index (Phi) is 4.36. The molecule has 0 amide bonds. The Labute approximate surface area is 122 Å². The summed E-state index contributed by atoms with van der Waals surface area (Å²) in [4.78, 5) is 1.16. The van der Waals surface area contributed by atoms with Gasteiger partial charge in [0.05, 0.1) is 0 Å². The number of hydrogen-bond acceptors (Lipinski definition) is 1. The molecule has 0 atom stereocenters. The average Bonchev–Trinajstić information content (AvgIpc) is 2.39. The summed E-state index contributed by atoms with van der Waals surface area (Å²) in [6.45, 7) is 8.92. The summed E-state index contributed by atoms with van der Waals surface area (Å²) in [5.41, 5.74) is 5.26. The molecule has 0 spiro atoms. The molecule has 2 aromatic carbocycles. The molecule has 0 fully saturated rings. The van der Waals surface area contributed by atoms with Gasteiger partial charge in [0.1, 0.15) is 0 Å². The first-order valence-electron chi connectivity index (χ1n) is 6.93. The van der Waals surface area contributed by atoms with Crippen molar-refractivity contribution in [1.29, 1.82) is 0 Å². The Bertz CT molecular complexity index is 524. The van der Waals surface area contributed by atoms with E-state index in [1.54, 1.807) is 0 Å². The highest BCUT2D eigenvalue weighted by Gasteiger charge is 2.13. The fourth-order valence-electron chi connectivity index (χ4n) is 2.36. The summed E-state index contributed by atoms with van der Waals surface area (Å²) in [6, 6.07) is 15.1. The van der Waals surface area contributed by atoms with Crippen LogP contribution in [-0.4, -0.2) is 0 Å². The summed E-state index contributed by atoms with van der Waals surface area (Å²) in [5.74, 6) is 0.988. The molecule has 0 aliphatic heterocycles. The van der Waals surface area contributed by atoms with Gasteiger partial charge in [-0.3, -0.25) is 0 Å². The van der Waals surface area contributed by atoms with Crippen LogP contribution in [0.15, 0.2) is 47.4 Å². The fourth-order valence-corrected chi connectivity index (χ4v) is 3.00. The molecule has 0 nitrogen and oxygen atoms in total. The maximum absolute atomic E-state index is 4.75. The van der Waals surface area contributed by atoms with Gasteiger partial charge in [-0.25, -0.2) is 0 Å². The molecular formula is C18H22S. The maximum Gasteiger partial charge on any atom is 0.0110 e. The zero-order valence-corrected chi connectivity index (χ0v) is 13.0. The van der Waals surface area contributed by atoms with E-state index >= 15 is 0 Å². The summed E-state index contributed by atoms with van der Waals surface area (Å²) in [7, 11) is 0. The largest absolute Gasteiger partial charge is 0.143 e. The van der Waals surface area contributed by atoms with Gasteiger partial charge in [0.25, 0.3) is 0 Å². The number of rotatable bonds is 3. The average molecular weight is 270 g/mol. The lowest BCUT2D eigenvalue weighted by molar-refractivity contribution is 0.796. The zero-order valence-electron chi connectivity index (χ0n) is 12.1. The minimum atomic E-state index is 0.494. The van der Waals surface area contributed by atoms with E-state index in [-0.39, 0.29) is 0 Å². The van der Waals surface area contributed by atoms with E-state index in [9.17, 15) is 0 Å². The monoisotopic (exact) mass is 270 g/mol. The van der Waals surface area contributed by atoms with Crippen LogP contribution in [0.2, 0.25) is 0 Å². The first kappa shape index (κ1) is 14.2. The molecule has 0 heterocycles. The normalized spacial score (nSPS) is 11.3. The van der Waals surface area contributed by atoms with Crippen LogP contribution >= 0.6 is 12.6 Å². The van der Waals surface area contributed by atoms with Gasteiger partial charge in [-0.15, -0.1) is 12.6 Å². The zero-order chi connectivity index (χ0) is 14.0. The van der Waals surface area contributed by atoms with Gasteiger partial charge in [-0.05, 0) is 46.2 Å².